The van der Waals surface area contributed by atoms with Gasteiger partial charge in [0.1, 0.15) is 0 Å². The van der Waals surface area contributed by atoms with Crippen LogP contribution in [-0.2, 0) is 6.42 Å². The number of nitrogens with one attached hydrogen (secondary N) is 1. The average molecular weight is 533 g/mol. The van der Waals surface area contributed by atoms with Crippen molar-refractivity contribution in [3.05, 3.63) is 84.0 Å². The second-order valence-corrected chi connectivity index (χ2v) is 11.0. The summed E-state index contributed by atoms with van der Waals surface area (Å²) < 4.78 is 0. The highest BCUT2D eigenvalue weighted by atomic mass is 16.2. The first-order valence-electron chi connectivity index (χ1n) is 15.2. The molecule has 5 aliphatic rings. The van der Waals surface area contributed by atoms with Crippen molar-refractivity contribution >= 4 is 35.5 Å². The predicted molar refractivity (Wildman–Crippen MR) is 168 cm³/mol. The Balaban J connectivity index is 1.73. The zero-order chi connectivity index (χ0) is 28.1. The van der Waals surface area contributed by atoms with Crippen LogP contribution in [0, 0.1) is 0 Å². The lowest BCUT2D eigenvalue weighted by molar-refractivity contribution is 0.539. The molecule has 1 aromatic rings. The third-order valence-electron chi connectivity index (χ3n) is 9.10. The summed E-state index contributed by atoms with van der Waals surface area (Å²) in [5, 5.41) is 12.1. The van der Waals surface area contributed by atoms with Gasteiger partial charge in [-0.05, 0) is 109 Å². The molecule has 0 atom stereocenters. The summed E-state index contributed by atoms with van der Waals surface area (Å²) in [4.78, 5) is 19.5. The number of rotatable bonds is 6. The molecular weight excluding hydrogens is 492 g/mol. The second kappa shape index (κ2) is 10.3. The van der Waals surface area contributed by atoms with Crippen LogP contribution < -0.4 is 10.6 Å². The van der Waals surface area contributed by atoms with Crippen LogP contribution >= 0.6 is 0 Å². The fourth-order valence-corrected chi connectivity index (χ4v) is 7.25. The molecule has 0 aromatic carbocycles. The molecule has 0 fully saturated rings. The Hall–Kier alpha value is -3.73. The van der Waals surface area contributed by atoms with Gasteiger partial charge in [-0.2, -0.15) is 0 Å². The molecule has 0 unspecified atom stereocenters. The highest BCUT2D eigenvalue weighted by molar-refractivity contribution is 6.24. The Morgan fingerprint density at radius 1 is 0.675 bits per heavy atom. The van der Waals surface area contributed by atoms with E-state index in [0.717, 1.165) is 107 Å². The number of aromatic nitrogens is 1. The topological polar surface area (TPSA) is 73.1 Å². The minimum atomic E-state index is 0.799. The van der Waals surface area contributed by atoms with Crippen molar-refractivity contribution < 1.29 is 5.11 Å². The van der Waals surface area contributed by atoms with Gasteiger partial charge in [0.05, 0.1) is 45.8 Å². The number of H-pyrrole nitrogens is 1. The highest BCUT2D eigenvalue weighted by Crippen LogP contribution is 2.45. The number of allylic oxidation sites excluding steroid dienone is 8. The average Bonchev–Trinajstić information content (AvgIpc) is 3.74. The number of hydrogen-bond acceptors (Lipinski definition) is 4. The summed E-state index contributed by atoms with van der Waals surface area (Å²) in [6.45, 7) is 13.3. The lowest BCUT2D eigenvalue weighted by Crippen LogP contribution is -2.26. The molecule has 206 valence electrons. The van der Waals surface area contributed by atoms with Crippen molar-refractivity contribution in [2.45, 2.75) is 92.9 Å². The van der Waals surface area contributed by atoms with E-state index in [-0.39, 0.29) is 0 Å². The summed E-state index contributed by atoms with van der Waals surface area (Å²) in [7, 11) is 0. The molecule has 1 aliphatic carbocycles. The normalized spacial score (nSPS) is 20.4. The van der Waals surface area contributed by atoms with Crippen molar-refractivity contribution in [1.29, 1.82) is 0 Å². The predicted octanol–water partition coefficient (Wildman–Crippen LogP) is 7.24. The number of hydrogen-bond donors (Lipinski definition) is 2. The summed E-state index contributed by atoms with van der Waals surface area (Å²) in [5.74, 6) is 0. The summed E-state index contributed by atoms with van der Waals surface area (Å²) in [6.07, 6.45) is 15.2. The van der Waals surface area contributed by atoms with Gasteiger partial charge in [0.15, 0.2) is 0 Å². The van der Waals surface area contributed by atoms with Crippen molar-refractivity contribution in [2.75, 3.05) is 0 Å². The Morgan fingerprint density at radius 2 is 1.30 bits per heavy atom. The molecule has 5 heterocycles. The Bertz CT molecular complexity index is 1740. The molecule has 0 spiro atoms. The van der Waals surface area contributed by atoms with Crippen LogP contribution in [0.15, 0.2) is 77.2 Å². The SMILES string of the molecule is CCC1=C(CC)C2=NC1=CC1=NC3=C(CCC3=C1CC)C1=NC(=Cc3[nH]c(/c(=C\O)c3CC)=C2)C(CC)=C1CC. The van der Waals surface area contributed by atoms with Crippen molar-refractivity contribution in [2.24, 2.45) is 15.0 Å². The maximum atomic E-state index is 10.4. The Morgan fingerprint density at radius 3 is 1.95 bits per heavy atom. The van der Waals surface area contributed by atoms with E-state index in [1.165, 1.54) is 45.3 Å². The first kappa shape index (κ1) is 26.5. The number of aliphatic hydroxyl groups excluding tert-OH is 1. The fourth-order valence-electron chi connectivity index (χ4n) is 7.25. The Labute approximate surface area is 237 Å². The monoisotopic (exact) mass is 532 g/mol. The lowest BCUT2D eigenvalue weighted by Gasteiger charge is -2.08. The molecule has 0 radical (unpaired) electrons. The van der Waals surface area contributed by atoms with E-state index in [0.29, 0.717) is 0 Å². The third-order valence-corrected chi connectivity index (χ3v) is 9.10. The molecule has 0 saturated carbocycles. The molecule has 5 nitrogen and oxygen atoms in total. The van der Waals surface area contributed by atoms with Gasteiger partial charge in [0, 0.05) is 16.5 Å². The molecule has 40 heavy (non-hydrogen) atoms. The Kier molecular flexibility index (Phi) is 6.85. The number of nitrogens with zero attached hydrogens (tertiary/aromatic N) is 3. The van der Waals surface area contributed by atoms with E-state index in [9.17, 15) is 5.11 Å². The molecule has 5 heteroatoms. The van der Waals surface area contributed by atoms with E-state index in [1.54, 1.807) is 0 Å². The number of aliphatic hydroxyl groups is 1. The molecule has 1 aromatic heterocycles. The number of aromatic amines is 1. The zero-order valence-electron chi connectivity index (χ0n) is 24.8. The van der Waals surface area contributed by atoms with E-state index in [2.05, 4.69) is 64.8 Å². The highest BCUT2D eigenvalue weighted by Gasteiger charge is 2.35. The lowest BCUT2D eigenvalue weighted by atomic mass is 9.95. The first-order valence-corrected chi connectivity index (χ1v) is 15.2. The zero-order valence-corrected chi connectivity index (χ0v) is 24.8. The van der Waals surface area contributed by atoms with E-state index in [4.69, 9.17) is 15.0 Å². The van der Waals surface area contributed by atoms with Crippen molar-refractivity contribution in [1.82, 2.24) is 4.98 Å². The van der Waals surface area contributed by atoms with Crippen molar-refractivity contribution in [3.8, 4) is 0 Å². The van der Waals surface area contributed by atoms with Crippen LogP contribution in [-0.4, -0.2) is 27.2 Å². The number of fused-ring (bicyclic) bond motifs is 5. The standard InChI is InChI=1S/C35H40N4O/c1-7-19-20(8-2)29-17-33-27(18-40)23(11-5)30(37-33)16-31-21(9-3)24(12-6)34(38-31)26-14-13-25-22(10-4)32(39-35(25)26)15-28(19)36-29/h15-18,37,40H,7-14H2,1-6H3/b27-18-,28-15?,31-16?,33-17?. The minimum Gasteiger partial charge on any atom is -0.515 e. The van der Waals surface area contributed by atoms with Crippen molar-refractivity contribution in [3.63, 3.8) is 0 Å². The van der Waals surface area contributed by atoms with Crippen LogP contribution in [0.25, 0.3) is 18.4 Å². The second-order valence-electron chi connectivity index (χ2n) is 11.0. The molecule has 0 saturated heterocycles. The summed E-state index contributed by atoms with van der Waals surface area (Å²) in [6, 6.07) is 0. The van der Waals surface area contributed by atoms with Crippen LogP contribution in [0.1, 0.15) is 97.7 Å². The van der Waals surface area contributed by atoms with E-state index >= 15 is 0 Å². The molecule has 4 aliphatic heterocycles. The fraction of sp³-hybridized carbons (Fsp3) is 0.400. The molecule has 6 rings (SSSR count). The summed E-state index contributed by atoms with van der Waals surface area (Å²) in [5.41, 5.74) is 17.7. The van der Waals surface area contributed by atoms with E-state index in [1.807, 2.05) is 0 Å². The number of aliphatic imine (C=N–C) groups is 3. The molecule has 2 N–H and O–H groups in total. The first-order chi connectivity index (χ1) is 19.5. The smallest absolute Gasteiger partial charge is 0.0888 e. The van der Waals surface area contributed by atoms with Crippen LogP contribution in [0.4, 0.5) is 0 Å². The molecular formula is C35H40N4O. The van der Waals surface area contributed by atoms with Gasteiger partial charge in [0.2, 0.25) is 0 Å². The van der Waals surface area contributed by atoms with Gasteiger partial charge < -0.3 is 10.1 Å². The van der Waals surface area contributed by atoms with Gasteiger partial charge >= 0.3 is 0 Å². The largest absolute Gasteiger partial charge is 0.515 e. The summed E-state index contributed by atoms with van der Waals surface area (Å²) >= 11 is 0. The van der Waals surface area contributed by atoms with Gasteiger partial charge in [-0.15, -0.1) is 0 Å². The third kappa shape index (κ3) is 3.85. The molecule has 0 amide bonds. The maximum Gasteiger partial charge on any atom is 0.0888 e. The van der Waals surface area contributed by atoms with E-state index < -0.39 is 0 Å². The van der Waals surface area contributed by atoms with Crippen LogP contribution in [0.3, 0.4) is 0 Å². The van der Waals surface area contributed by atoms with Gasteiger partial charge in [-0.1, -0.05) is 41.5 Å². The van der Waals surface area contributed by atoms with Gasteiger partial charge in [-0.3, -0.25) is 0 Å². The van der Waals surface area contributed by atoms with Crippen LogP contribution in [0.5, 0.6) is 0 Å². The quantitative estimate of drug-likeness (QED) is 0.398. The maximum absolute atomic E-state index is 10.4. The molecule has 8 bridgehead atoms. The van der Waals surface area contributed by atoms with Crippen LogP contribution in [0.2, 0.25) is 0 Å². The minimum absolute atomic E-state index is 0.799. The van der Waals surface area contributed by atoms with Gasteiger partial charge in [0.25, 0.3) is 0 Å². The van der Waals surface area contributed by atoms with Gasteiger partial charge in [-0.25, -0.2) is 15.0 Å².